The lowest BCUT2D eigenvalue weighted by Crippen LogP contribution is -2.38. The molecule has 0 atom stereocenters. The summed E-state index contributed by atoms with van der Waals surface area (Å²) in [5, 5.41) is 0. The van der Waals surface area contributed by atoms with Gasteiger partial charge in [-0.2, -0.15) is 0 Å². The molecule has 0 radical (unpaired) electrons. The highest BCUT2D eigenvalue weighted by molar-refractivity contribution is 7.89. The maximum absolute atomic E-state index is 12.8. The molecule has 0 spiro atoms. The van der Waals surface area contributed by atoms with Crippen LogP contribution in [0.25, 0.3) is 0 Å². The van der Waals surface area contributed by atoms with E-state index in [-0.39, 0.29) is 18.0 Å². The van der Waals surface area contributed by atoms with Crippen molar-refractivity contribution in [3.63, 3.8) is 0 Å². The number of halogens is 1. The lowest BCUT2D eigenvalue weighted by molar-refractivity contribution is 0.416. The summed E-state index contributed by atoms with van der Waals surface area (Å²) in [6, 6.07) is 4.40. The molecule has 0 aliphatic heterocycles. The lowest BCUT2D eigenvalue weighted by atomic mass is 10.4. The highest BCUT2D eigenvalue weighted by Gasteiger charge is 2.18. The van der Waals surface area contributed by atoms with E-state index in [1.807, 2.05) is 6.92 Å². The van der Waals surface area contributed by atoms with Crippen LogP contribution in [0.15, 0.2) is 29.2 Å². The van der Waals surface area contributed by atoms with Gasteiger partial charge in [-0.05, 0) is 30.7 Å². The fourth-order valence-corrected chi connectivity index (χ4v) is 3.65. The molecule has 1 N–H and O–H groups in total. The first-order valence-electron chi connectivity index (χ1n) is 6.37. The van der Waals surface area contributed by atoms with Crippen LogP contribution >= 0.6 is 0 Å². The summed E-state index contributed by atoms with van der Waals surface area (Å²) >= 11 is 0. The third-order valence-corrected chi connectivity index (χ3v) is 5.50. The van der Waals surface area contributed by atoms with Crippen LogP contribution in [-0.2, 0) is 20.0 Å². The van der Waals surface area contributed by atoms with E-state index >= 15 is 0 Å². The number of nitrogens with one attached hydrogen (secondary N) is 1. The fourth-order valence-electron chi connectivity index (χ4n) is 1.69. The summed E-state index contributed by atoms with van der Waals surface area (Å²) in [6.07, 6.45) is 1.72. The van der Waals surface area contributed by atoms with Gasteiger partial charge in [-0.15, -0.1) is 0 Å². The first-order valence-corrected chi connectivity index (χ1v) is 9.70. The smallest absolute Gasteiger partial charge is 0.213 e. The van der Waals surface area contributed by atoms with Crippen LogP contribution in [0.2, 0.25) is 0 Å². The number of hydrogen-bond donors (Lipinski definition) is 1. The van der Waals surface area contributed by atoms with Crippen molar-refractivity contribution in [3.05, 3.63) is 30.1 Å². The van der Waals surface area contributed by atoms with Crippen molar-refractivity contribution < 1.29 is 21.2 Å². The molecule has 0 bridgehead atoms. The number of benzene rings is 1. The van der Waals surface area contributed by atoms with E-state index in [9.17, 15) is 21.2 Å². The van der Waals surface area contributed by atoms with Gasteiger partial charge < -0.3 is 0 Å². The fraction of sp³-hybridized carbons (Fsp3) is 0.500. The molecule has 0 saturated carbocycles. The molecule has 1 aromatic carbocycles. The second-order valence-electron chi connectivity index (χ2n) is 4.51. The van der Waals surface area contributed by atoms with Crippen LogP contribution in [0.5, 0.6) is 0 Å². The minimum atomic E-state index is -3.77. The summed E-state index contributed by atoms with van der Waals surface area (Å²) in [7, 11) is -7.14. The topological polar surface area (TPSA) is 83.6 Å². The maximum atomic E-state index is 12.8. The first kappa shape index (κ1) is 18.0. The number of rotatable bonds is 8. The first-order chi connectivity index (χ1) is 9.66. The van der Waals surface area contributed by atoms with Gasteiger partial charge in [-0.25, -0.2) is 30.3 Å². The molecule has 0 saturated heterocycles. The van der Waals surface area contributed by atoms with Gasteiger partial charge in [0.15, 0.2) is 0 Å². The van der Waals surface area contributed by atoms with Gasteiger partial charge in [0.05, 0.1) is 11.2 Å². The molecule has 0 unspecified atom stereocenters. The Morgan fingerprint density at radius 2 is 1.67 bits per heavy atom. The third-order valence-electron chi connectivity index (χ3n) is 2.72. The van der Waals surface area contributed by atoms with Gasteiger partial charge in [-0.1, -0.05) is 6.92 Å². The minimum Gasteiger partial charge on any atom is -0.213 e. The lowest BCUT2D eigenvalue weighted by Gasteiger charge is -2.19. The van der Waals surface area contributed by atoms with Crippen molar-refractivity contribution in [2.45, 2.75) is 18.2 Å². The van der Waals surface area contributed by atoms with Gasteiger partial charge in [0, 0.05) is 19.6 Å². The van der Waals surface area contributed by atoms with Gasteiger partial charge in [0.25, 0.3) is 0 Å². The highest BCUT2D eigenvalue weighted by atomic mass is 32.2. The Hall–Kier alpha value is -1.03. The molecule has 9 heteroatoms. The van der Waals surface area contributed by atoms with E-state index < -0.39 is 25.9 Å². The Balaban J connectivity index is 2.67. The molecule has 0 heterocycles. The van der Waals surface area contributed by atoms with Crippen LogP contribution in [0.3, 0.4) is 0 Å². The molecule has 0 amide bonds. The minimum absolute atomic E-state index is 0.0487. The van der Waals surface area contributed by atoms with Crippen molar-refractivity contribution in [3.8, 4) is 0 Å². The Morgan fingerprint density at radius 3 is 2.14 bits per heavy atom. The second-order valence-corrected chi connectivity index (χ2v) is 8.26. The second kappa shape index (κ2) is 7.30. The van der Waals surface area contributed by atoms with Gasteiger partial charge >= 0.3 is 0 Å². The summed E-state index contributed by atoms with van der Waals surface area (Å²) in [5.41, 5.74) is 0. The number of sulfonamides is 2. The van der Waals surface area contributed by atoms with E-state index in [1.54, 1.807) is 0 Å². The summed E-state index contributed by atoms with van der Waals surface area (Å²) in [6.45, 7) is 2.16. The number of nitrogens with zero attached hydrogens (tertiary/aromatic N) is 1. The van der Waals surface area contributed by atoms with Crippen LogP contribution in [-0.4, -0.2) is 47.0 Å². The summed E-state index contributed by atoms with van der Waals surface area (Å²) in [4.78, 5) is -0.0645. The van der Waals surface area contributed by atoms with Crippen LogP contribution in [0.4, 0.5) is 4.39 Å². The molecule has 0 fully saturated rings. The molecule has 6 nitrogen and oxygen atoms in total. The van der Waals surface area contributed by atoms with Gasteiger partial charge in [-0.3, -0.25) is 0 Å². The Bertz CT molecular complexity index is 657. The van der Waals surface area contributed by atoms with E-state index in [4.69, 9.17) is 0 Å². The molecule has 0 aliphatic carbocycles. The highest BCUT2D eigenvalue weighted by Crippen LogP contribution is 2.09. The number of hydrogen-bond acceptors (Lipinski definition) is 4. The molecule has 1 rings (SSSR count). The molecule has 120 valence electrons. The average molecular weight is 338 g/mol. The van der Waals surface area contributed by atoms with E-state index in [2.05, 4.69) is 4.72 Å². The van der Waals surface area contributed by atoms with Crippen molar-refractivity contribution in [1.29, 1.82) is 0 Å². The molecular weight excluding hydrogens is 319 g/mol. The van der Waals surface area contributed by atoms with Crippen LogP contribution in [0, 0.1) is 5.82 Å². The SMILES string of the molecule is CCCN(CCNS(=O)(=O)c1ccc(F)cc1)S(C)(=O)=O. The van der Waals surface area contributed by atoms with Crippen molar-refractivity contribution in [1.82, 2.24) is 9.03 Å². The van der Waals surface area contributed by atoms with Crippen molar-refractivity contribution in [2.75, 3.05) is 25.9 Å². The van der Waals surface area contributed by atoms with Gasteiger partial charge in [0.1, 0.15) is 5.82 Å². The van der Waals surface area contributed by atoms with E-state index in [0.29, 0.717) is 13.0 Å². The average Bonchev–Trinajstić information content (AvgIpc) is 2.37. The molecule has 1 aromatic rings. The van der Waals surface area contributed by atoms with E-state index in [0.717, 1.165) is 30.5 Å². The van der Waals surface area contributed by atoms with Crippen molar-refractivity contribution >= 4 is 20.0 Å². The monoisotopic (exact) mass is 338 g/mol. The standard InChI is InChI=1S/C12H19FN2O4S2/c1-3-9-15(20(2,16)17)10-8-14-21(18,19)12-6-4-11(13)5-7-12/h4-7,14H,3,8-10H2,1-2H3. The van der Waals surface area contributed by atoms with Crippen LogP contribution in [0.1, 0.15) is 13.3 Å². The summed E-state index contributed by atoms with van der Waals surface area (Å²) < 4.78 is 63.1. The normalized spacial score (nSPS) is 12.8. The third kappa shape index (κ3) is 5.70. The molecule has 0 aliphatic rings. The maximum Gasteiger partial charge on any atom is 0.240 e. The molecular formula is C12H19FN2O4S2. The Kier molecular flexibility index (Phi) is 6.26. The zero-order valence-corrected chi connectivity index (χ0v) is 13.5. The predicted molar refractivity (Wildman–Crippen MR) is 78.3 cm³/mol. The van der Waals surface area contributed by atoms with Crippen molar-refractivity contribution in [2.24, 2.45) is 0 Å². The Labute approximate surface area is 125 Å². The molecule has 0 aromatic heterocycles. The van der Waals surface area contributed by atoms with Crippen LogP contribution < -0.4 is 4.72 Å². The Morgan fingerprint density at radius 1 is 1.10 bits per heavy atom. The zero-order chi connectivity index (χ0) is 16.1. The van der Waals surface area contributed by atoms with Gasteiger partial charge in [0.2, 0.25) is 20.0 Å². The summed E-state index contributed by atoms with van der Waals surface area (Å²) in [5.74, 6) is -0.528. The quantitative estimate of drug-likeness (QED) is 0.759. The van der Waals surface area contributed by atoms with E-state index in [1.165, 1.54) is 4.31 Å². The largest absolute Gasteiger partial charge is 0.240 e. The predicted octanol–water partition coefficient (Wildman–Crippen LogP) is 0.776. The molecule has 21 heavy (non-hydrogen) atoms. The zero-order valence-electron chi connectivity index (χ0n) is 11.9.